The number of hydrogen-bond acceptors (Lipinski definition) is 6. The average Bonchev–Trinajstić information content (AvgIpc) is 2.95. The lowest BCUT2D eigenvalue weighted by molar-refractivity contribution is 0.0758. The van der Waals surface area contributed by atoms with Crippen molar-refractivity contribution in [2.45, 2.75) is 11.3 Å². The Bertz CT molecular complexity index is 940. The third kappa shape index (κ3) is 3.56. The summed E-state index contributed by atoms with van der Waals surface area (Å²) in [6.45, 7) is 1.13. The Balaban J connectivity index is 1.78. The van der Waals surface area contributed by atoms with Crippen LogP contribution >= 0.6 is 0 Å². The van der Waals surface area contributed by atoms with Crippen molar-refractivity contribution in [3.63, 3.8) is 0 Å². The van der Waals surface area contributed by atoms with Crippen LogP contribution < -0.4 is 0 Å². The van der Waals surface area contributed by atoms with Gasteiger partial charge in [0, 0.05) is 38.6 Å². The standard InChI is InChI=1S/C17H17N5O3S/c18-12-14-4-1-2-5-16(14)26(24,25)22-9-3-8-21(10-11-22)17(23)15-13-19-6-7-20-15/h1-2,4-7,13H,3,8-11H2. The van der Waals surface area contributed by atoms with Crippen LogP contribution in [0.4, 0.5) is 0 Å². The SMILES string of the molecule is N#Cc1ccccc1S(=O)(=O)N1CCCN(C(=O)c2cnccn2)CC1. The molecule has 1 saturated heterocycles. The van der Waals surface area contributed by atoms with Gasteiger partial charge >= 0.3 is 0 Å². The van der Waals surface area contributed by atoms with Crippen molar-refractivity contribution in [2.75, 3.05) is 26.2 Å². The van der Waals surface area contributed by atoms with E-state index in [4.69, 9.17) is 0 Å². The van der Waals surface area contributed by atoms with Gasteiger partial charge in [-0.1, -0.05) is 12.1 Å². The first-order valence-corrected chi connectivity index (χ1v) is 9.52. The van der Waals surface area contributed by atoms with E-state index in [0.717, 1.165) is 0 Å². The summed E-state index contributed by atoms with van der Waals surface area (Å²) in [5, 5.41) is 9.18. The molecule has 0 bridgehead atoms. The summed E-state index contributed by atoms with van der Waals surface area (Å²) in [4.78, 5) is 22.0. The molecule has 0 N–H and O–H groups in total. The van der Waals surface area contributed by atoms with Gasteiger partial charge in [0.15, 0.2) is 0 Å². The monoisotopic (exact) mass is 371 g/mol. The fourth-order valence-electron chi connectivity index (χ4n) is 2.83. The van der Waals surface area contributed by atoms with Crippen LogP contribution in [0.2, 0.25) is 0 Å². The van der Waals surface area contributed by atoms with E-state index in [0.29, 0.717) is 13.0 Å². The molecule has 26 heavy (non-hydrogen) atoms. The van der Waals surface area contributed by atoms with Gasteiger partial charge in [0.1, 0.15) is 11.8 Å². The number of aromatic nitrogens is 2. The molecule has 1 fully saturated rings. The van der Waals surface area contributed by atoms with Crippen LogP contribution in [-0.4, -0.2) is 59.7 Å². The highest BCUT2D eigenvalue weighted by Gasteiger charge is 2.30. The highest BCUT2D eigenvalue weighted by molar-refractivity contribution is 7.89. The molecular weight excluding hydrogens is 354 g/mol. The minimum absolute atomic E-state index is 0.00352. The van der Waals surface area contributed by atoms with Crippen LogP contribution in [0.3, 0.4) is 0 Å². The molecule has 9 heteroatoms. The van der Waals surface area contributed by atoms with Crippen molar-refractivity contribution in [3.05, 3.63) is 54.1 Å². The molecule has 1 aromatic carbocycles. The van der Waals surface area contributed by atoms with Crippen LogP contribution in [-0.2, 0) is 10.0 Å². The minimum atomic E-state index is -3.80. The van der Waals surface area contributed by atoms with E-state index in [1.54, 1.807) is 17.0 Å². The molecule has 3 rings (SSSR count). The topological polar surface area (TPSA) is 107 Å². The molecule has 1 aromatic heterocycles. The summed E-state index contributed by atoms with van der Waals surface area (Å²) in [6, 6.07) is 8.05. The molecular formula is C17H17N5O3S. The molecule has 2 aromatic rings. The lowest BCUT2D eigenvalue weighted by Gasteiger charge is -2.22. The number of rotatable bonds is 3. The Morgan fingerprint density at radius 1 is 1.12 bits per heavy atom. The Labute approximate surface area is 151 Å². The first-order valence-electron chi connectivity index (χ1n) is 8.08. The van der Waals surface area contributed by atoms with E-state index in [-0.39, 0.29) is 41.7 Å². The van der Waals surface area contributed by atoms with Gasteiger partial charge in [0.25, 0.3) is 5.91 Å². The summed E-state index contributed by atoms with van der Waals surface area (Å²) < 4.78 is 27.2. The second kappa shape index (κ2) is 7.59. The van der Waals surface area contributed by atoms with Crippen LogP contribution in [0.15, 0.2) is 47.8 Å². The Morgan fingerprint density at radius 3 is 2.65 bits per heavy atom. The van der Waals surface area contributed by atoms with Gasteiger partial charge in [0.2, 0.25) is 10.0 Å². The van der Waals surface area contributed by atoms with E-state index >= 15 is 0 Å². The van der Waals surface area contributed by atoms with Gasteiger partial charge in [-0.15, -0.1) is 0 Å². The molecule has 0 saturated carbocycles. The molecule has 0 spiro atoms. The van der Waals surface area contributed by atoms with Gasteiger partial charge in [-0.3, -0.25) is 9.78 Å². The van der Waals surface area contributed by atoms with E-state index in [2.05, 4.69) is 9.97 Å². The van der Waals surface area contributed by atoms with Crippen LogP contribution in [0, 0.1) is 11.3 Å². The van der Waals surface area contributed by atoms with Crippen molar-refractivity contribution < 1.29 is 13.2 Å². The van der Waals surface area contributed by atoms with Gasteiger partial charge in [-0.2, -0.15) is 9.57 Å². The van der Waals surface area contributed by atoms with Crippen molar-refractivity contribution in [1.82, 2.24) is 19.2 Å². The lowest BCUT2D eigenvalue weighted by atomic mass is 10.2. The van der Waals surface area contributed by atoms with Crippen molar-refractivity contribution >= 4 is 15.9 Å². The molecule has 8 nitrogen and oxygen atoms in total. The Hall–Kier alpha value is -2.83. The fourth-order valence-corrected chi connectivity index (χ4v) is 4.44. The molecule has 0 radical (unpaired) electrons. The Kier molecular flexibility index (Phi) is 5.25. The number of nitrogens with zero attached hydrogens (tertiary/aromatic N) is 5. The fraction of sp³-hybridized carbons (Fsp3) is 0.294. The molecule has 134 valence electrons. The maximum Gasteiger partial charge on any atom is 0.274 e. The number of carbonyl (C=O) groups is 1. The lowest BCUT2D eigenvalue weighted by Crippen LogP contribution is -2.37. The smallest absolute Gasteiger partial charge is 0.274 e. The molecule has 0 atom stereocenters. The van der Waals surface area contributed by atoms with E-state index in [9.17, 15) is 18.5 Å². The first-order chi connectivity index (χ1) is 12.5. The zero-order valence-corrected chi connectivity index (χ0v) is 14.8. The van der Waals surface area contributed by atoms with E-state index in [1.165, 1.54) is 35.0 Å². The number of nitriles is 1. The summed E-state index contributed by atoms with van der Waals surface area (Å²) >= 11 is 0. The second-order valence-electron chi connectivity index (χ2n) is 5.75. The molecule has 1 aliphatic heterocycles. The quantitative estimate of drug-likeness (QED) is 0.793. The van der Waals surface area contributed by atoms with Crippen LogP contribution in [0.5, 0.6) is 0 Å². The highest BCUT2D eigenvalue weighted by atomic mass is 32.2. The molecule has 0 unspecified atom stereocenters. The third-order valence-electron chi connectivity index (χ3n) is 4.15. The van der Waals surface area contributed by atoms with Crippen LogP contribution in [0.25, 0.3) is 0 Å². The molecule has 2 heterocycles. The first kappa shape index (κ1) is 18.0. The number of hydrogen-bond donors (Lipinski definition) is 0. The summed E-state index contributed by atoms with van der Waals surface area (Å²) in [6.07, 6.45) is 4.83. The number of carbonyl (C=O) groups excluding carboxylic acids is 1. The van der Waals surface area contributed by atoms with Gasteiger partial charge in [0.05, 0.1) is 16.7 Å². The maximum atomic E-state index is 12.9. The molecule has 1 amide bonds. The van der Waals surface area contributed by atoms with E-state index in [1.807, 2.05) is 6.07 Å². The van der Waals surface area contributed by atoms with Crippen molar-refractivity contribution in [3.8, 4) is 6.07 Å². The van der Waals surface area contributed by atoms with Crippen LogP contribution in [0.1, 0.15) is 22.5 Å². The van der Waals surface area contributed by atoms with Gasteiger partial charge in [-0.25, -0.2) is 13.4 Å². The summed E-state index contributed by atoms with van der Waals surface area (Å²) in [7, 11) is -3.80. The second-order valence-corrected chi connectivity index (χ2v) is 7.65. The Morgan fingerprint density at radius 2 is 1.92 bits per heavy atom. The van der Waals surface area contributed by atoms with Gasteiger partial charge in [-0.05, 0) is 18.6 Å². The van der Waals surface area contributed by atoms with Gasteiger partial charge < -0.3 is 4.90 Å². The largest absolute Gasteiger partial charge is 0.336 e. The number of amides is 1. The number of benzene rings is 1. The molecule has 1 aliphatic rings. The minimum Gasteiger partial charge on any atom is -0.336 e. The van der Waals surface area contributed by atoms with Crippen molar-refractivity contribution in [1.29, 1.82) is 5.26 Å². The predicted octanol–water partition coefficient (Wildman–Crippen LogP) is 0.885. The normalized spacial score (nSPS) is 15.9. The average molecular weight is 371 g/mol. The maximum absolute atomic E-state index is 12.9. The highest BCUT2D eigenvalue weighted by Crippen LogP contribution is 2.21. The zero-order chi connectivity index (χ0) is 18.6. The zero-order valence-electron chi connectivity index (χ0n) is 13.9. The number of sulfonamides is 1. The van der Waals surface area contributed by atoms with Crippen molar-refractivity contribution in [2.24, 2.45) is 0 Å². The predicted molar refractivity (Wildman–Crippen MR) is 92.5 cm³/mol. The summed E-state index contributed by atoms with van der Waals surface area (Å²) in [5.41, 5.74) is 0.350. The molecule has 0 aliphatic carbocycles. The third-order valence-corrected chi connectivity index (χ3v) is 6.11. The summed E-state index contributed by atoms with van der Waals surface area (Å²) in [5.74, 6) is -0.269. The van der Waals surface area contributed by atoms with E-state index < -0.39 is 10.0 Å².